The highest BCUT2D eigenvalue weighted by atomic mass is 16.3. The second-order valence-corrected chi connectivity index (χ2v) is 9.73. The Kier molecular flexibility index (Phi) is 6.68. The summed E-state index contributed by atoms with van der Waals surface area (Å²) >= 11 is 0. The molecule has 0 fully saturated rings. The number of phenolic OH excluding ortho intramolecular Hbond substituents is 1. The van der Waals surface area contributed by atoms with E-state index in [-0.39, 0.29) is 5.75 Å². The smallest absolute Gasteiger partial charge is 0.115 e. The van der Waals surface area contributed by atoms with Crippen molar-refractivity contribution in [3.05, 3.63) is 114 Å². The van der Waals surface area contributed by atoms with Gasteiger partial charge in [0.15, 0.2) is 0 Å². The fraction of sp³-hybridized carbons (Fsp3) is 0.0606. The molecule has 0 saturated carbocycles. The number of hydrogen-bond donors (Lipinski definition) is 3. The summed E-state index contributed by atoms with van der Waals surface area (Å²) in [6, 6.07) is 25.5. The first-order valence-electron chi connectivity index (χ1n) is 12.9. The third-order valence-electron chi connectivity index (χ3n) is 6.53. The number of nitrogens with zero attached hydrogens (tertiary/aromatic N) is 4. The number of aromatic amines is 2. The van der Waals surface area contributed by atoms with Crippen molar-refractivity contribution in [2.45, 2.75) is 0 Å². The number of aromatic nitrogens is 5. The summed E-state index contributed by atoms with van der Waals surface area (Å²) in [7, 11) is 4.02. The average Bonchev–Trinajstić information content (AvgIpc) is 3.76. The van der Waals surface area contributed by atoms with E-state index in [1.807, 2.05) is 104 Å². The Morgan fingerprint density at radius 1 is 0.600 bits per heavy atom. The molecule has 196 valence electrons. The minimum absolute atomic E-state index is 0.247. The van der Waals surface area contributed by atoms with Gasteiger partial charge in [0.2, 0.25) is 0 Å². The minimum Gasteiger partial charge on any atom is -0.508 e. The van der Waals surface area contributed by atoms with E-state index in [4.69, 9.17) is 9.97 Å². The van der Waals surface area contributed by atoms with Crippen LogP contribution in [0.5, 0.6) is 5.75 Å². The van der Waals surface area contributed by atoms with Crippen LogP contribution in [0.3, 0.4) is 0 Å². The molecule has 2 aliphatic heterocycles. The van der Waals surface area contributed by atoms with Crippen molar-refractivity contribution in [3.8, 4) is 16.9 Å². The van der Waals surface area contributed by atoms with E-state index in [1.165, 1.54) is 5.69 Å². The van der Waals surface area contributed by atoms with Crippen LogP contribution >= 0.6 is 0 Å². The van der Waals surface area contributed by atoms with E-state index < -0.39 is 0 Å². The predicted molar refractivity (Wildman–Crippen MR) is 165 cm³/mol. The topological polar surface area (TPSA) is 93.7 Å². The number of benzene rings is 1. The summed E-state index contributed by atoms with van der Waals surface area (Å²) < 4.78 is 0. The number of pyridine rings is 1. The van der Waals surface area contributed by atoms with Crippen LogP contribution in [0.2, 0.25) is 0 Å². The predicted octanol–water partition coefficient (Wildman–Crippen LogP) is 7.18. The Labute approximate surface area is 231 Å². The van der Waals surface area contributed by atoms with E-state index in [1.54, 1.807) is 24.5 Å². The molecule has 5 aromatic rings. The Morgan fingerprint density at radius 3 is 1.70 bits per heavy atom. The van der Waals surface area contributed by atoms with Crippen molar-refractivity contribution in [1.29, 1.82) is 0 Å². The van der Waals surface area contributed by atoms with Gasteiger partial charge in [0, 0.05) is 59.8 Å². The van der Waals surface area contributed by atoms with Crippen molar-refractivity contribution in [2.24, 2.45) is 0 Å². The largest absolute Gasteiger partial charge is 0.508 e. The number of fused-ring (bicyclic) bond motifs is 8. The lowest BCUT2D eigenvalue weighted by atomic mass is 10.1. The Hall–Kier alpha value is -5.43. The fourth-order valence-corrected chi connectivity index (χ4v) is 4.54. The molecule has 0 radical (unpaired) electrons. The summed E-state index contributed by atoms with van der Waals surface area (Å²) in [5.41, 5.74) is 10.7. The number of rotatable bonds is 2. The van der Waals surface area contributed by atoms with Gasteiger partial charge in [-0.3, -0.25) is 4.98 Å². The van der Waals surface area contributed by atoms with E-state index >= 15 is 0 Å². The molecule has 0 spiro atoms. The molecule has 0 atom stereocenters. The molecular weight excluding hydrogens is 496 g/mol. The average molecular weight is 525 g/mol. The summed E-state index contributed by atoms with van der Waals surface area (Å²) in [4.78, 5) is 22.3. The first kappa shape index (κ1) is 24.9. The van der Waals surface area contributed by atoms with Crippen LogP contribution in [0.4, 0.5) is 5.69 Å². The maximum Gasteiger partial charge on any atom is 0.115 e. The van der Waals surface area contributed by atoms with E-state index in [0.717, 1.165) is 56.0 Å². The van der Waals surface area contributed by atoms with E-state index in [9.17, 15) is 5.11 Å². The second-order valence-electron chi connectivity index (χ2n) is 9.73. The Morgan fingerprint density at radius 2 is 1.15 bits per heavy atom. The fourth-order valence-electron chi connectivity index (χ4n) is 4.54. The van der Waals surface area contributed by atoms with Crippen molar-refractivity contribution in [1.82, 2.24) is 24.9 Å². The van der Waals surface area contributed by atoms with Crippen LogP contribution in [0.1, 0.15) is 22.8 Å². The zero-order valence-corrected chi connectivity index (χ0v) is 22.2. The number of nitrogens with one attached hydrogen (secondary N) is 2. The zero-order valence-electron chi connectivity index (χ0n) is 22.2. The standard InChI is InChI=1S/C26H18N4O.C7H10N2/c31-24-9-1-16(2-10-24)25-14-23-13-21-6-5-19(28-21)11-17-3-4-18(27-17)12-20-7-8-22(29-20)15-26(25)30-23;1-9(2)7-3-5-8-6-4-7/h1-15,27,30-31H;3-6H,1-2H3. The second kappa shape index (κ2) is 10.7. The molecular formula is C33H28N6O. The highest BCUT2D eigenvalue weighted by Gasteiger charge is 2.07. The van der Waals surface area contributed by atoms with Gasteiger partial charge in [0.25, 0.3) is 0 Å². The van der Waals surface area contributed by atoms with Gasteiger partial charge in [-0.15, -0.1) is 0 Å². The molecule has 0 aliphatic carbocycles. The minimum atomic E-state index is 0.247. The molecule has 6 heterocycles. The first-order valence-corrected chi connectivity index (χ1v) is 12.9. The van der Waals surface area contributed by atoms with Gasteiger partial charge in [-0.1, -0.05) is 12.1 Å². The number of aromatic hydroxyl groups is 1. The molecule has 0 unspecified atom stereocenters. The quantitative estimate of drug-likeness (QED) is 0.223. The maximum atomic E-state index is 9.68. The maximum absolute atomic E-state index is 9.68. The Balaban J connectivity index is 0.000000276. The lowest BCUT2D eigenvalue weighted by molar-refractivity contribution is 0.475. The van der Waals surface area contributed by atoms with Crippen molar-refractivity contribution in [3.63, 3.8) is 0 Å². The molecule has 7 heteroatoms. The van der Waals surface area contributed by atoms with Crippen LogP contribution in [-0.2, 0) is 0 Å². The molecule has 7 nitrogen and oxygen atoms in total. The molecule has 4 aromatic heterocycles. The summed E-state index contributed by atoms with van der Waals surface area (Å²) in [6.45, 7) is 0. The van der Waals surface area contributed by atoms with Gasteiger partial charge in [-0.05, 0) is 96.6 Å². The molecule has 8 bridgehead atoms. The summed E-state index contributed by atoms with van der Waals surface area (Å²) in [6.07, 6.45) is 11.6. The first-order chi connectivity index (χ1) is 19.5. The lowest BCUT2D eigenvalue weighted by Gasteiger charge is -2.10. The number of hydrogen-bond acceptors (Lipinski definition) is 5. The molecule has 7 rings (SSSR count). The highest BCUT2D eigenvalue weighted by Crippen LogP contribution is 2.29. The SMILES string of the molecule is CN(C)c1ccncc1.Oc1ccc(-c2cc3cc4nc(cc5ccc(cc6nc(cc2[nH]3)C=C6)[nH]5)C=C4)cc1. The Bertz CT molecular complexity index is 1880. The van der Waals surface area contributed by atoms with Gasteiger partial charge in [0.1, 0.15) is 5.75 Å². The highest BCUT2D eigenvalue weighted by molar-refractivity contribution is 5.88. The van der Waals surface area contributed by atoms with Crippen LogP contribution in [-0.4, -0.2) is 44.1 Å². The number of phenols is 1. The summed E-state index contributed by atoms with van der Waals surface area (Å²) in [5.74, 6) is 0.247. The van der Waals surface area contributed by atoms with Crippen LogP contribution in [0, 0.1) is 0 Å². The van der Waals surface area contributed by atoms with Crippen LogP contribution in [0.25, 0.3) is 57.5 Å². The van der Waals surface area contributed by atoms with Gasteiger partial charge < -0.3 is 20.0 Å². The molecule has 1 aromatic carbocycles. The monoisotopic (exact) mass is 524 g/mol. The van der Waals surface area contributed by atoms with Crippen LogP contribution in [0.15, 0.2) is 91.3 Å². The number of anilines is 1. The third kappa shape index (κ3) is 5.68. The number of H-pyrrole nitrogens is 2. The zero-order chi connectivity index (χ0) is 27.5. The third-order valence-corrected chi connectivity index (χ3v) is 6.53. The molecule has 2 aliphatic rings. The van der Waals surface area contributed by atoms with E-state index in [0.29, 0.717) is 0 Å². The van der Waals surface area contributed by atoms with E-state index in [2.05, 4.69) is 21.0 Å². The summed E-state index contributed by atoms with van der Waals surface area (Å²) in [5, 5.41) is 9.68. The van der Waals surface area contributed by atoms with Gasteiger partial charge in [-0.2, -0.15) is 0 Å². The molecule has 40 heavy (non-hydrogen) atoms. The van der Waals surface area contributed by atoms with Gasteiger partial charge in [0.05, 0.1) is 22.8 Å². The normalized spacial score (nSPS) is 11.7. The molecule has 0 amide bonds. The van der Waals surface area contributed by atoms with Crippen LogP contribution < -0.4 is 4.90 Å². The molecule has 3 N–H and O–H groups in total. The lowest BCUT2D eigenvalue weighted by Crippen LogP contribution is -2.07. The van der Waals surface area contributed by atoms with Crippen molar-refractivity contribution < 1.29 is 5.11 Å². The molecule has 0 saturated heterocycles. The van der Waals surface area contributed by atoms with Crippen molar-refractivity contribution >= 4 is 52.1 Å². The van der Waals surface area contributed by atoms with Gasteiger partial charge >= 0.3 is 0 Å². The van der Waals surface area contributed by atoms with Crippen molar-refractivity contribution in [2.75, 3.05) is 19.0 Å². The van der Waals surface area contributed by atoms with Gasteiger partial charge in [-0.25, -0.2) is 9.97 Å².